The van der Waals surface area contributed by atoms with E-state index < -0.39 is 30.6 Å². The summed E-state index contributed by atoms with van der Waals surface area (Å²) >= 11 is 0. The van der Waals surface area contributed by atoms with Gasteiger partial charge in [-0.1, -0.05) is 59.7 Å². The molecule has 218 valence electrons. The van der Waals surface area contributed by atoms with Crippen molar-refractivity contribution in [1.29, 1.82) is 0 Å². The van der Waals surface area contributed by atoms with Crippen LogP contribution in [0.1, 0.15) is 24.0 Å². The molecule has 1 heterocycles. The molecular weight excluding hydrogens is 528 g/mol. The van der Waals surface area contributed by atoms with Crippen LogP contribution in [0.25, 0.3) is 21.2 Å². The molecule has 3 aromatic rings. The van der Waals surface area contributed by atoms with Crippen molar-refractivity contribution in [3.63, 3.8) is 0 Å². The minimum Gasteiger partial charge on any atom is -0.508 e. The van der Waals surface area contributed by atoms with E-state index in [1.807, 2.05) is 48.5 Å². The Bertz CT molecular complexity index is 1330. The molecule has 3 aromatic carbocycles. The monoisotopic (exact) mass is 564 g/mol. The van der Waals surface area contributed by atoms with Crippen LogP contribution >= 0.6 is 0 Å². The highest BCUT2D eigenvalue weighted by Crippen LogP contribution is 2.27. The lowest BCUT2D eigenvalue weighted by Gasteiger charge is -2.44. The zero-order chi connectivity index (χ0) is 29.0. The standard InChI is InChI=1S/C30H36N4O7/c1-38-19-25-28(37)29(40-18-20-12-13-21-7-2-3-9-23(21)17-20)27(33-26(36)11-6-15-32-34-31)30(41-25)39-16-14-22-8-4-5-10-24(22)35/h2-5,7-10,12-13,17,25,27-30,35,37H,6,11,14-16,18-19H2,1H3,(H,33,36)/t25-,27-,28-,29-,30+/m1/s1. The first-order chi connectivity index (χ1) is 20.0. The number of phenols is 1. The third-order valence-corrected chi connectivity index (χ3v) is 6.96. The van der Waals surface area contributed by atoms with Crippen molar-refractivity contribution in [2.45, 2.75) is 56.5 Å². The van der Waals surface area contributed by atoms with Gasteiger partial charge in [0.25, 0.3) is 0 Å². The van der Waals surface area contributed by atoms with Crippen molar-refractivity contribution < 1.29 is 34.0 Å². The third-order valence-electron chi connectivity index (χ3n) is 6.96. The number of aromatic hydroxyl groups is 1. The van der Waals surface area contributed by atoms with Gasteiger partial charge >= 0.3 is 0 Å². The molecule has 4 rings (SSSR count). The van der Waals surface area contributed by atoms with Crippen LogP contribution in [0.5, 0.6) is 5.75 Å². The topological polar surface area (TPSA) is 155 Å². The molecule has 0 unspecified atom stereocenters. The van der Waals surface area contributed by atoms with E-state index in [2.05, 4.69) is 15.3 Å². The fourth-order valence-corrected chi connectivity index (χ4v) is 4.86. The lowest BCUT2D eigenvalue weighted by atomic mass is 9.96. The number of nitrogens with one attached hydrogen (secondary N) is 1. The minimum atomic E-state index is -1.12. The zero-order valence-corrected chi connectivity index (χ0v) is 23.0. The molecule has 0 aliphatic carbocycles. The highest BCUT2D eigenvalue weighted by molar-refractivity contribution is 5.83. The summed E-state index contributed by atoms with van der Waals surface area (Å²) in [6.07, 6.45) is -2.87. The van der Waals surface area contributed by atoms with E-state index in [1.165, 1.54) is 7.11 Å². The molecule has 3 N–H and O–H groups in total. The number of carbonyl (C=O) groups excluding carboxylic acids is 1. The van der Waals surface area contributed by atoms with Crippen LogP contribution in [0, 0.1) is 0 Å². The molecule has 1 aliphatic heterocycles. The normalized spacial score (nSPS) is 22.2. The quantitative estimate of drug-likeness (QED) is 0.116. The summed E-state index contributed by atoms with van der Waals surface area (Å²) < 4.78 is 23.8. The van der Waals surface area contributed by atoms with Crippen LogP contribution in [-0.2, 0) is 36.8 Å². The second-order valence-electron chi connectivity index (χ2n) is 9.85. The van der Waals surface area contributed by atoms with E-state index >= 15 is 0 Å². The van der Waals surface area contributed by atoms with E-state index in [-0.39, 0.29) is 44.4 Å². The van der Waals surface area contributed by atoms with Crippen molar-refractivity contribution in [1.82, 2.24) is 5.32 Å². The van der Waals surface area contributed by atoms with Gasteiger partial charge in [-0.15, -0.1) is 0 Å². The minimum absolute atomic E-state index is 0.0865. The summed E-state index contributed by atoms with van der Waals surface area (Å²) in [4.78, 5) is 15.6. The number of hydrogen-bond acceptors (Lipinski definition) is 8. The van der Waals surface area contributed by atoms with Gasteiger partial charge in [-0.3, -0.25) is 4.79 Å². The van der Waals surface area contributed by atoms with Crippen molar-refractivity contribution in [2.24, 2.45) is 5.11 Å². The van der Waals surface area contributed by atoms with Gasteiger partial charge in [0, 0.05) is 25.0 Å². The maximum Gasteiger partial charge on any atom is 0.220 e. The predicted molar refractivity (Wildman–Crippen MR) is 152 cm³/mol. The average Bonchev–Trinajstić information content (AvgIpc) is 2.98. The van der Waals surface area contributed by atoms with Crippen molar-refractivity contribution >= 4 is 16.7 Å². The zero-order valence-electron chi connectivity index (χ0n) is 23.0. The van der Waals surface area contributed by atoms with E-state index in [4.69, 9.17) is 24.5 Å². The number of aliphatic hydroxyl groups is 1. The van der Waals surface area contributed by atoms with E-state index in [9.17, 15) is 15.0 Å². The number of ether oxygens (including phenoxy) is 4. The Morgan fingerprint density at radius 1 is 1.10 bits per heavy atom. The summed E-state index contributed by atoms with van der Waals surface area (Å²) in [5.41, 5.74) is 10.1. The Balaban J connectivity index is 1.52. The number of phenolic OH excluding ortho intramolecular Hbond substituents is 1. The molecule has 0 aromatic heterocycles. The second-order valence-corrected chi connectivity index (χ2v) is 9.85. The number of carbonyl (C=O) groups is 1. The van der Waals surface area contributed by atoms with Crippen LogP contribution in [0.3, 0.4) is 0 Å². The predicted octanol–water partition coefficient (Wildman–Crippen LogP) is 4.00. The van der Waals surface area contributed by atoms with E-state index in [0.717, 1.165) is 16.3 Å². The first-order valence-electron chi connectivity index (χ1n) is 13.6. The number of nitrogens with zero attached hydrogens (tertiary/aromatic N) is 3. The number of benzene rings is 3. The number of hydrogen-bond donors (Lipinski definition) is 3. The highest BCUT2D eigenvalue weighted by Gasteiger charge is 2.47. The Labute approximate surface area is 238 Å². The maximum absolute atomic E-state index is 12.9. The highest BCUT2D eigenvalue weighted by atomic mass is 16.7. The average molecular weight is 565 g/mol. The molecule has 1 aliphatic rings. The molecule has 11 nitrogen and oxygen atoms in total. The fraction of sp³-hybridized carbons (Fsp3) is 0.433. The summed E-state index contributed by atoms with van der Waals surface area (Å²) in [5, 5.41) is 30.0. The second kappa shape index (κ2) is 15.3. The summed E-state index contributed by atoms with van der Waals surface area (Å²) in [6.45, 7) is 0.633. The SMILES string of the molecule is COC[C@H]1O[C@H](OCCc2ccccc2O)[C@H](NC(=O)CCCN=[N+]=[N-])[C@@H](OCc2ccc3ccccc3c2)[C@@H]1O. The summed E-state index contributed by atoms with van der Waals surface area (Å²) in [5.74, 6) is -0.160. The molecule has 1 fully saturated rings. The molecule has 0 bridgehead atoms. The van der Waals surface area contributed by atoms with E-state index in [1.54, 1.807) is 18.2 Å². The number of rotatable bonds is 14. The summed E-state index contributed by atoms with van der Waals surface area (Å²) in [7, 11) is 1.51. The third kappa shape index (κ3) is 8.40. The number of methoxy groups -OCH3 is 1. The Morgan fingerprint density at radius 2 is 1.88 bits per heavy atom. The van der Waals surface area contributed by atoms with Gasteiger partial charge in [0.05, 0.1) is 19.8 Å². The molecule has 5 atom stereocenters. The number of aliphatic hydroxyl groups excluding tert-OH is 1. The smallest absolute Gasteiger partial charge is 0.220 e. The van der Waals surface area contributed by atoms with Gasteiger partial charge in [-0.2, -0.15) is 0 Å². The molecule has 41 heavy (non-hydrogen) atoms. The lowest BCUT2D eigenvalue weighted by molar-refractivity contribution is -0.279. The van der Waals surface area contributed by atoms with Gasteiger partial charge in [-0.25, -0.2) is 0 Å². The fourth-order valence-electron chi connectivity index (χ4n) is 4.86. The number of para-hydroxylation sites is 1. The van der Waals surface area contributed by atoms with Gasteiger partial charge in [0.2, 0.25) is 5.91 Å². The molecule has 0 saturated carbocycles. The number of fused-ring (bicyclic) bond motifs is 1. The molecule has 11 heteroatoms. The lowest BCUT2D eigenvalue weighted by Crippen LogP contribution is -2.65. The largest absolute Gasteiger partial charge is 0.508 e. The van der Waals surface area contributed by atoms with Gasteiger partial charge < -0.3 is 34.5 Å². The van der Waals surface area contributed by atoms with Crippen molar-refractivity contribution in [2.75, 3.05) is 26.9 Å². The Morgan fingerprint density at radius 3 is 2.66 bits per heavy atom. The van der Waals surface area contributed by atoms with Crippen molar-refractivity contribution in [3.05, 3.63) is 88.3 Å². The summed E-state index contributed by atoms with van der Waals surface area (Å²) in [6, 6.07) is 20.1. The van der Waals surface area contributed by atoms with Crippen LogP contribution < -0.4 is 5.32 Å². The van der Waals surface area contributed by atoms with Gasteiger partial charge in [0.15, 0.2) is 6.29 Å². The van der Waals surface area contributed by atoms with Crippen LogP contribution in [-0.4, -0.2) is 73.6 Å². The number of azide groups is 1. The first kappa shape index (κ1) is 30.3. The van der Waals surface area contributed by atoms with E-state index in [0.29, 0.717) is 18.4 Å². The van der Waals surface area contributed by atoms with Crippen molar-refractivity contribution in [3.8, 4) is 5.75 Å². The Hall–Kier alpha value is -3.70. The molecule has 1 saturated heterocycles. The Kier molecular flexibility index (Phi) is 11.3. The first-order valence-corrected chi connectivity index (χ1v) is 13.6. The van der Waals surface area contributed by atoms with Gasteiger partial charge in [0.1, 0.15) is 30.1 Å². The molecular formula is C30H36N4O7. The van der Waals surface area contributed by atoms with Crippen LogP contribution in [0.15, 0.2) is 71.8 Å². The maximum atomic E-state index is 12.9. The van der Waals surface area contributed by atoms with Gasteiger partial charge in [-0.05, 0) is 52.4 Å². The molecule has 0 spiro atoms. The van der Waals surface area contributed by atoms with Crippen LogP contribution in [0.4, 0.5) is 0 Å². The number of amides is 1. The molecule has 1 amide bonds. The van der Waals surface area contributed by atoms with Crippen LogP contribution in [0.2, 0.25) is 0 Å². The molecule has 0 radical (unpaired) electrons.